The van der Waals surface area contributed by atoms with Crippen molar-refractivity contribution in [3.63, 3.8) is 0 Å². The Balaban J connectivity index is 3.26. The predicted octanol–water partition coefficient (Wildman–Crippen LogP) is 5.46. The number of rotatable bonds is 12. The Morgan fingerprint density at radius 1 is 1.03 bits per heavy atom. The maximum atomic E-state index is 13.4. The summed E-state index contributed by atoms with van der Waals surface area (Å²) in [5.41, 5.74) is -0.132. The molecule has 1 atom stereocenters. The van der Waals surface area contributed by atoms with Crippen molar-refractivity contribution < 1.29 is 23.8 Å². The van der Waals surface area contributed by atoms with Gasteiger partial charge in [0.2, 0.25) is 0 Å². The summed E-state index contributed by atoms with van der Waals surface area (Å²) in [6, 6.07) is 5.04. The van der Waals surface area contributed by atoms with E-state index >= 15 is 0 Å². The van der Waals surface area contributed by atoms with Crippen molar-refractivity contribution in [1.29, 1.82) is 0 Å². The number of amides is 1. The first-order valence-electron chi connectivity index (χ1n) is 10.9. The SMILES string of the molecule is CCOC(CC(C)C)(CC(C)C)C(=O)Nc1ccc(OC(C)CC)c(C(=O)OC)c1. The third-order valence-corrected chi connectivity index (χ3v) is 4.86. The van der Waals surface area contributed by atoms with Gasteiger partial charge in [0.05, 0.1) is 13.2 Å². The van der Waals surface area contributed by atoms with Crippen molar-refractivity contribution in [2.75, 3.05) is 19.0 Å². The van der Waals surface area contributed by atoms with Crippen LogP contribution in [-0.4, -0.2) is 37.3 Å². The van der Waals surface area contributed by atoms with Crippen molar-refractivity contribution in [2.45, 2.75) is 79.4 Å². The number of methoxy groups -OCH3 is 1. The van der Waals surface area contributed by atoms with Crippen molar-refractivity contribution in [2.24, 2.45) is 11.8 Å². The molecule has 0 radical (unpaired) electrons. The van der Waals surface area contributed by atoms with Crippen LogP contribution in [0.4, 0.5) is 5.69 Å². The van der Waals surface area contributed by atoms with E-state index in [1.807, 2.05) is 20.8 Å². The number of anilines is 1. The Hall–Kier alpha value is -2.08. The largest absolute Gasteiger partial charge is 0.490 e. The zero-order chi connectivity index (χ0) is 22.9. The number of hydrogen-bond acceptors (Lipinski definition) is 5. The van der Waals surface area contributed by atoms with E-state index in [4.69, 9.17) is 14.2 Å². The summed E-state index contributed by atoms with van der Waals surface area (Å²) in [7, 11) is 1.33. The highest BCUT2D eigenvalue weighted by atomic mass is 16.5. The zero-order valence-electron chi connectivity index (χ0n) is 19.8. The quantitative estimate of drug-likeness (QED) is 0.454. The lowest BCUT2D eigenvalue weighted by atomic mass is 9.83. The second kappa shape index (κ2) is 11.9. The fraction of sp³-hybridized carbons (Fsp3) is 0.667. The third kappa shape index (κ3) is 7.31. The minimum Gasteiger partial charge on any atom is -0.490 e. The van der Waals surface area contributed by atoms with Crippen LogP contribution in [0.25, 0.3) is 0 Å². The van der Waals surface area contributed by atoms with Crippen LogP contribution in [0.5, 0.6) is 5.75 Å². The first-order valence-corrected chi connectivity index (χ1v) is 10.9. The third-order valence-electron chi connectivity index (χ3n) is 4.86. The van der Waals surface area contributed by atoms with E-state index in [1.165, 1.54) is 7.11 Å². The molecule has 0 aromatic heterocycles. The molecule has 0 heterocycles. The van der Waals surface area contributed by atoms with E-state index in [-0.39, 0.29) is 29.4 Å². The van der Waals surface area contributed by atoms with Gasteiger partial charge in [-0.2, -0.15) is 0 Å². The molecule has 0 saturated carbocycles. The molecule has 0 aliphatic carbocycles. The molecule has 1 aromatic rings. The summed E-state index contributed by atoms with van der Waals surface area (Å²) in [5, 5.41) is 2.97. The minimum absolute atomic E-state index is 0.0449. The van der Waals surface area contributed by atoms with Gasteiger partial charge in [-0.25, -0.2) is 4.79 Å². The molecule has 0 bridgehead atoms. The van der Waals surface area contributed by atoms with Crippen LogP contribution in [0, 0.1) is 11.8 Å². The average molecular weight is 422 g/mol. The summed E-state index contributed by atoms with van der Waals surface area (Å²) in [6.45, 7) is 14.6. The molecule has 0 fully saturated rings. The fourth-order valence-corrected chi connectivity index (χ4v) is 3.57. The molecule has 1 rings (SSSR count). The number of hydrogen-bond donors (Lipinski definition) is 1. The van der Waals surface area contributed by atoms with Crippen LogP contribution in [0.2, 0.25) is 0 Å². The van der Waals surface area contributed by atoms with Gasteiger partial charge in [-0.3, -0.25) is 4.79 Å². The predicted molar refractivity (Wildman–Crippen MR) is 120 cm³/mol. The summed E-state index contributed by atoms with van der Waals surface area (Å²) in [5.74, 6) is 0.314. The number of benzene rings is 1. The molecule has 1 unspecified atom stereocenters. The Kier molecular flexibility index (Phi) is 10.3. The molecule has 1 amide bonds. The van der Waals surface area contributed by atoms with E-state index in [1.54, 1.807) is 18.2 Å². The molecular weight excluding hydrogens is 382 g/mol. The molecule has 0 spiro atoms. The highest BCUT2D eigenvalue weighted by Crippen LogP contribution is 2.32. The van der Waals surface area contributed by atoms with Gasteiger partial charge in [-0.05, 0) is 63.1 Å². The molecule has 170 valence electrons. The number of carbonyl (C=O) groups excluding carboxylic acids is 2. The van der Waals surface area contributed by atoms with E-state index < -0.39 is 11.6 Å². The molecular formula is C24H39NO5. The molecule has 0 aliphatic rings. The number of ether oxygens (including phenoxy) is 3. The Labute approximate surface area is 181 Å². The zero-order valence-corrected chi connectivity index (χ0v) is 19.8. The lowest BCUT2D eigenvalue weighted by molar-refractivity contribution is -0.146. The van der Waals surface area contributed by atoms with Crippen molar-refractivity contribution in [1.82, 2.24) is 0 Å². The van der Waals surface area contributed by atoms with Gasteiger partial charge in [0.1, 0.15) is 16.9 Å². The number of carbonyl (C=O) groups is 2. The van der Waals surface area contributed by atoms with E-state index in [0.29, 0.717) is 30.9 Å². The number of nitrogens with one attached hydrogen (secondary N) is 1. The molecule has 1 aromatic carbocycles. The van der Waals surface area contributed by atoms with Crippen LogP contribution >= 0.6 is 0 Å². The van der Waals surface area contributed by atoms with Gasteiger partial charge >= 0.3 is 5.97 Å². The van der Waals surface area contributed by atoms with Gasteiger partial charge in [0, 0.05) is 12.3 Å². The van der Waals surface area contributed by atoms with Gasteiger partial charge in [-0.15, -0.1) is 0 Å². The van der Waals surface area contributed by atoms with E-state index in [9.17, 15) is 9.59 Å². The van der Waals surface area contributed by atoms with E-state index in [0.717, 1.165) is 6.42 Å². The van der Waals surface area contributed by atoms with Crippen LogP contribution in [0.15, 0.2) is 18.2 Å². The maximum Gasteiger partial charge on any atom is 0.341 e. The Morgan fingerprint density at radius 2 is 1.63 bits per heavy atom. The lowest BCUT2D eigenvalue weighted by Crippen LogP contribution is -2.47. The average Bonchev–Trinajstić information content (AvgIpc) is 2.67. The van der Waals surface area contributed by atoms with E-state index in [2.05, 4.69) is 33.0 Å². The van der Waals surface area contributed by atoms with Gasteiger partial charge in [0.25, 0.3) is 5.91 Å². The second-order valence-corrected chi connectivity index (χ2v) is 8.62. The first-order chi connectivity index (χ1) is 14.1. The van der Waals surface area contributed by atoms with Crippen molar-refractivity contribution >= 4 is 17.6 Å². The van der Waals surface area contributed by atoms with Crippen molar-refractivity contribution in [3.05, 3.63) is 23.8 Å². The summed E-state index contributed by atoms with van der Waals surface area (Å²) >= 11 is 0. The highest BCUT2D eigenvalue weighted by molar-refractivity contribution is 5.99. The monoisotopic (exact) mass is 421 g/mol. The summed E-state index contributed by atoms with van der Waals surface area (Å²) in [4.78, 5) is 25.7. The standard InChI is InChI=1S/C24H39NO5/c1-9-18(7)30-21-12-11-19(13-20(21)22(26)28-8)25-23(27)24(29-10-2,14-16(3)4)15-17(5)6/h11-13,16-18H,9-10,14-15H2,1-8H3,(H,25,27). The summed E-state index contributed by atoms with van der Waals surface area (Å²) in [6.07, 6.45) is 1.99. The number of esters is 1. The topological polar surface area (TPSA) is 73.9 Å². The van der Waals surface area contributed by atoms with Crippen LogP contribution in [0.3, 0.4) is 0 Å². The fourth-order valence-electron chi connectivity index (χ4n) is 3.57. The highest BCUT2D eigenvalue weighted by Gasteiger charge is 2.40. The Morgan fingerprint density at radius 3 is 2.10 bits per heavy atom. The normalized spacial score (nSPS) is 12.7. The smallest absolute Gasteiger partial charge is 0.341 e. The molecule has 6 nitrogen and oxygen atoms in total. The lowest BCUT2D eigenvalue weighted by Gasteiger charge is -2.35. The van der Waals surface area contributed by atoms with Crippen LogP contribution in [-0.2, 0) is 14.3 Å². The van der Waals surface area contributed by atoms with Crippen LogP contribution < -0.4 is 10.1 Å². The van der Waals surface area contributed by atoms with Gasteiger partial charge in [-0.1, -0.05) is 34.6 Å². The molecule has 0 saturated heterocycles. The van der Waals surface area contributed by atoms with Gasteiger partial charge < -0.3 is 19.5 Å². The molecule has 6 heteroatoms. The molecule has 0 aliphatic heterocycles. The molecule has 30 heavy (non-hydrogen) atoms. The Bertz CT molecular complexity index is 689. The van der Waals surface area contributed by atoms with Gasteiger partial charge in [0.15, 0.2) is 0 Å². The van der Waals surface area contributed by atoms with Crippen molar-refractivity contribution in [3.8, 4) is 5.75 Å². The van der Waals surface area contributed by atoms with Crippen LogP contribution in [0.1, 0.15) is 78.1 Å². The first kappa shape index (κ1) is 26.0. The molecule has 1 N–H and O–H groups in total. The minimum atomic E-state index is -0.922. The summed E-state index contributed by atoms with van der Waals surface area (Å²) < 4.78 is 16.8. The maximum absolute atomic E-state index is 13.4. The second-order valence-electron chi connectivity index (χ2n) is 8.62.